The average molecular weight is 405 g/mol. The van der Waals surface area contributed by atoms with Crippen LogP contribution in [-0.4, -0.2) is 56.0 Å². The second-order valence-electron chi connectivity index (χ2n) is 6.67. The molecular formula is C20H24N2O3S2. The first-order valence-electron chi connectivity index (χ1n) is 8.84. The van der Waals surface area contributed by atoms with Crippen molar-refractivity contribution >= 4 is 27.7 Å². The number of carbonyl (C=O) groups is 1. The summed E-state index contributed by atoms with van der Waals surface area (Å²) in [6.07, 6.45) is 1.94. The van der Waals surface area contributed by atoms with Gasteiger partial charge < -0.3 is 4.90 Å². The number of hydrogen-bond donors (Lipinski definition) is 0. The fourth-order valence-corrected chi connectivity index (χ4v) is 5.57. The number of thioether (sulfide) groups is 1. The number of aryl methyl sites for hydroxylation is 2. The van der Waals surface area contributed by atoms with Crippen LogP contribution in [-0.2, 0) is 10.0 Å². The molecule has 2 aromatic rings. The first-order chi connectivity index (χ1) is 12.8. The van der Waals surface area contributed by atoms with Crippen LogP contribution in [0.3, 0.4) is 0 Å². The molecule has 1 aliphatic heterocycles. The van der Waals surface area contributed by atoms with Crippen molar-refractivity contribution in [3.05, 3.63) is 59.2 Å². The third-order valence-electron chi connectivity index (χ3n) is 4.81. The Hall–Kier alpha value is -1.83. The predicted molar refractivity (Wildman–Crippen MR) is 109 cm³/mol. The van der Waals surface area contributed by atoms with Crippen LogP contribution in [0.2, 0.25) is 0 Å². The van der Waals surface area contributed by atoms with Crippen molar-refractivity contribution in [2.24, 2.45) is 0 Å². The summed E-state index contributed by atoms with van der Waals surface area (Å²) in [4.78, 5) is 15.9. The van der Waals surface area contributed by atoms with Gasteiger partial charge >= 0.3 is 0 Å². The molecule has 7 heteroatoms. The molecule has 0 saturated carbocycles. The van der Waals surface area contributed by atoms with Gasteiger partial charge in [-0.25, -0.2) is 8.42 Å². The third kappa shape index (κ3) is 4.05. The SMILES string of the molecule is CSc1ccccc1C(=O)N1CCN(S(=O)(=O)c2ccc(C)cc2C)CC1. The number of amides is 1. The zero-order valence-corrected chi connectivity index (χ0v) is 17.4. The lowest BCUT2D eigenvalue weighted by atomic mass is 10.2. The first-order valence-corrected chi connectivity index (χ1v) is 11.5. The predicted octanol–water partition coefficient (Wildman–Crippen LogP) is 3.17. The van der Waals surface area contributed by atoms with Crippen LogP contribution in [0.1, 0.15) is 21.5 Å². The monoisotopic (exact) mass is 404 g/mol. The van der Waals surface area contributed by atoms with Crippen LogP contribution in [0.25, 0.3) is 0 Å². The van der Waals surface area contributed by atoms with Crippen LogP contribution < -0.4 is 0 Å². The maximum Gasteiger partial charge on any atom is 0.255 e. The number of piperazine rings is 1. The van der Waals surface area contributed by atoms with Crippen molar-refractivity contribution in [3.8, 4) is 0 Å². The molecule has 0 atom stereocenters. The van der Waals surface area contributed by atoms with E-state index in [1.54, 1.807) is 11.0 Å². The van der Waals surface area contributed by atoms with E-state index in [1.165, 1.54) is 16.1 Å². The highest BCUT2D eigenvalue weighted by molar-refractivity contribution is 7.98. The van der Waals surface area contributed by atoms with Crippen LogP contribution >= 0.6 is 11.8 Å². The topological polar surface area (TPSA) is 57.7 Å². The van der Waals surface area contributed by atoms with Gasteiger partial charge in [0.05, 0.1) is 10.5 Å². The fraction of sp³-hybridized carbons (Fsp3) is 0.350. The van der Waals surface area contributed by atoms with E-state index in [0.717, 1.165) is 16.0 Å². The Bertz CT molecular complexity index is 949. The molecule has 2 aromatic carbocycles. The molecule has 5 nitrogen and oxygen atoms in total. The summed E-state index contributed by atoms with van der Waals surface area (Å²) in [7, 11) is -3.54. The molecule has 0 aliphatic carbocycles. The van der Waals surface area contributed by atoms with Gasteiger partial charge in [0.2, 0.25) is 10.0 Å². The lowest BCUT2D eigenvalue weighted by Gasteiger charge is -2.34. The smallest absolute Gasteiger partial charge is 0.255 e. The fourth-order valence-electron chi connectivity index (χ4n) is 3.35. The summed E-state index contributed by atoms with van der Waals surface area (Å²) in [5.74, 6) is -0.0384. The Kier molecular flexibility index (Phi) is 5.93. The molecule has 144 valence electrons. The standard InChI is InChI=1S/C20H24N2O3S2/c1-15-8-9-19(16(2)14-15)27(24,25)22-12-10-21(11-13-22)20(23)17-6-4-5-7-18(17)26-3/h4-9,14H,10-13H2,1-3H3. The Morgan fingerprint density at radius 3 is 2.30 bits per heavy atom. The van der Waals surface area contributed by atoms with Crippen LogP contribution in [0.15, 0.2) is 52.3 Å². The minimum absolute atomic E-state index is 0.0384. The van der Waals surface area contributed by atoms with E-state index in [4.69, 9.17) is 0 Å². The van der Waals surface area contributed by atoms with Crippen molar-refractivity contribution in [3.63, 3.8) is 0 Å². The number of nitrogens with zero attached hydrogens (tertiary/aromatic N) is 2. The molecule has 27 heavy (non-hydrogen) atoms. The lowest BCUT2D eigenvalue weighted by Crippen LogP contribution is -2.50. The lowest BCUT2D eigenvalue weighted by molar-refractivity contribution is 0.0694. The molecule has 0 unspecified atom stereocenters. The quantitative estimate of drug-likeness (QED) is 0.735. The average Bonchev–Trinajstić information content (AvgIpc) is 2.67. The molecule has 0 N–H and O–H groups in total. The van der Waals surface area contributed by atoms with Crippen molar-refractivity contribution < 1.29 is 13.2 Å². The van der Waals surface area contributed by atoms with Crippen LogP contribution in [0.5, 0.6) is 0 Å². The molecule has 1 aliphatic rings. The minimum Gasteiger partial charge on any atom is -0.336 e. The van der Waals surface area contributed by atoms with E-state index in [1.807, 2.05) is 56.5 Å². The highest BCUT2D eigenvalue weighted by atomic mass is 32.2. The summed E-state index contributed by atoms with van der Waals surface area (Å²) in [6, 6.07) is 12.9. The highest BCUT2D eigenvalue weighted by Crippen LogP contribution is 2.24. The third-order valence-corrected chi connectivity index (χ3v) is 7.67. The maximum atomic E-state index is 13.0. The largest absolute Gasteiger partial charge is 0.336 e. The van der Waals surface area contributed by atoms with Crippen LogP contribution in [0, 0.1) is 13.8 Å². The van der Waals surface area contributed by atoms with E-state index in [0.29, 0.717) is 36.6 Å². The number of carbonyl (C=O) groups excluding carboxylic acids is 1. The van der Waals surface area contributed by atoms with Gasteiger partial charge in [-0.2, -0.15) is 4.31 Å². The second-order valence-corrected chi connectivity index (χ2v) is 9.42. The Balaban J connectivity index is 1.74. The molecule has 0 bridgehead atoms. The summed E-state index contributed by atoms with van der Waals surface area (Å²) < 4.78 is 27.5. The van der Waals surface area contributed by atoms with Crippen molar-refractivity contribution in [1.82, 2.24) is 9.21 Å². The van der Waals surface area contributed by atoms with Gasteiger partial charge in [-0.3, -0.25) is 4.79 Å². The zero-order valence-electron chi connectivity index (χ0n) is 15.8. The van der Waals surface area contributed by atoms with Gasteiger partial charge in [0.1, 0.15) is 0 Å². The zero-order chi connectivity index (χ0) is 19.6. The van der Waals surface area contributed by atoms with Gasteiger partial charge in [-0.05, 0) is 43.9 Å². The maximum absolute atomic E-state index is 13.0. The molecule has 1 heterocycles. The minimum atomic E-state index is -3.54. The van der Waals surface area contributed by atoms with Crippen molar-refractivity contribution in [2.45, 2.75) is 23.6 Å². The molecule has 0 radical (unpaired) electrons. The van der Waals surface area contributed by atoms with Gasteiger partial charge in [-0.1, -0.05) is 29.8 Å². The normalized spacial score (nSPS) is 15.7. The number of benzene rings is 2. The van der Waals surface area contributed by atoms with Gasteiger partial charge in [0.15, 0.2) is 0 Å². The summed E-state index contributed by atoms with van der Waals surface area (Å²) in [6.45, 7) is 5.17. The van der Waals surface area contributed by atoms with E-state index >= 15 is 0 Å². The molecular weight excluding hydrogens is 380 g/mol. The Labute approximate surface area is 165 Å². The summed E-state index contributed by atoms with van der Waals surface area (Å²) in [5, 5.41) is 0. The Morgan fingerprint density at radius 2 is 1.67 bits per heavy atom. The summed E-state index contributed by atoms with van der Waals surface area (Å²) in [5.41, 5.74) is 2.47. The number of hydrogen-bond acceptors (Lipinski definition) is 4. The van der Waals surface area contributed by atoms with E-state index < -0.39 is 10.0 Å². The molecule has 1 saturated heterocycles. The van der Waals surface area contributed by atoms with E-state index in [-0.39, 0.29) is 5.91 Å². The Morgan fingerprint density at radius 1 is 1.00 bits per heavy atom. The molecule has 0 aromatic heterocycles. The van der Waals surface area contributed by atoms with Gasteiger partial charge in [-0.15, -0.1) is 11.8 Å². The van der Waals surface area contributed by atoms with E-state index in [2.05, 4.69) is 0 Å². The van der Waals surface area contributed by atoms with Crippen molar-refractivity contribution in [1.29, 1.82) is 0 Å². The number of rotatable bonds is 4. The molecule has 1 fully saturated rings. The van der Waals surface area contributed by atoms with Crippen LogP contribution in [0.4, 0.5) is 0 Å². The van der Waals surface area contributed by atoms with Gasteiger partial charge in [0.25, 0.3) is 5.91 Å². The first kappa shape index (κ1) is 19.9. The van der Waals surface area contributed by atoms with Gasteiger partial charge in [0, 0.05) is 31.1 Å². The molecule has 1 amide bonds. The van der Waals surface area contributed by atoms with E-state index in [9.17, 15) is 13.2 Å². The highest BCUT2D eigenvalue weighted by Gasteiger charge is 2.31. The second kappa shape index (κ2) is 8.04. The number of sulfonamides is 1. The molecule has 0 spiro atoms. The van der Waals surface area contributed by atoms with Crippen molar-refractivity contribution in [2.75, 3.05) is 32.4 Å². The summed E-state index contributed by atoms with van der Waals surface area (Å²) >= 11 is 1.54. The molecule has 3 rings (SSSR count).